The van der Waals surface area contributed by atoms with Crippen LogP contribution in [0, 0.1) is 5.92 Å². The predicted octanol–water partition coefficient (Wildman–Crippen LogP) is 8.14. The van der Waals surface area contributed by atoms with Crippen LogP contribution in [0.2, 0.25) is 0 Å². The summed E-state index contributed by atoms with van der Waals surface area (Å²) in [5.41, 5.74) is 0. The molecule has 0 aromatic carbocycles. The minimum Gasteiger partial charge on any atom is -0.299 e. The highest BCUT2D eigenvalue weighted by Crippen LogP contribution is 2.13. The molecular weight excluding hydrogens is 316 g/mol. The number of Topliss-reactive ketones (excluding diaryl/α,β-unsaturated/α-hetero) is 1. The van der Waals surface area contributed by atoms with Crippen molar-refractivity contribution in [3.05, 3.63) is 48.6 Å². The molecule has 148 valence electrons. The summed E-state index contributed by atoms with van der Waals surface area (Å²) >= 11 is 0. The number of unbranched alkanes of at least 4 members (excludes halogenated alkanes) is 4. The minimum absolute atomic E-state index is 0.239. The summed E-state index contributed by atoms with van der Waals surface area (Å²) in [7, 11) is 0. The van der Waals surface area contributed by atoms with Crippen molar-refractivity contribution in [3.63, 3.8) is 0 Å². The molecule has 1 nitrogen and oxygen atoms in total. The molecule has 0 aliphatic rings. The van der Waals surface area contributed by atoms with Crippen molar-refractivity contribution in [1.29, 1.82) is 0 Å². The third-order valence-electron chi connectivity index (χ3n) is 4.56. The van der Waals surface area contributed by atoms with E-state index in [0.717, 1.165) is 32.1 Å². The number of carbonyl (C=O) groups excluding carboxylic acids is 1. The lowest BCUT2D eigenvalue weighted by atomic mass is 9.96. The molecule has 26 heavy (non-hydrogen) atoms. The van der Waals surface area contributed by atoms with Gasteiger partial charge in [-0.25, -0.2) is 0 Å². The molecule has 0 N–H and O–H groups in total. The molecule has 0 saturated heterocycles. The highest BCUT2D eigenvalue weighted by atomic mass is 16.1. The van der Waals surface area contributed by atoms with Crippen molar-refractivity contribution in [2.45, 2.75) is 97.8 Å². The van der Waals surface area contributed by atoms with Gasteiger partial charge in [-0.3, -0.25) is 4.79 Å². The van der Waals surface area contributed by atoms with Gasteiger partial charge in [0.2, 0.25) is 0 Å². The molecule has 0 aliphatic heterocycles. The van der Waals surface area contributed by atoms with E-state index in [1.54, 1.807) is 0 Å². The van der Waals surface area contributed by atoms with E-state index in [1.807, 2.05) is 0 Å². The number of ketones is 1. The second-order valence-corrected chi connectivity index (χ2v) is 7.14. The molecule has 0 amide bonds. The van der Waals surface area contributed by atoms with Gasteiger partial charge in [-0.15, -0.1) is 0 Å². The molecular formula is C25H42O. The lowest BCUT2D eigenvalue weighted by Crippen LogP contribution is -2.10. The predicted molar refractivity (Wildman–Crippen MR) is 117 cm³/mol. The van der Waals surface area contributed by atoms with E-state index < -0.39 is 0 Å². The van der Waals surface area contributed by atoms with Gasteiger partial charge in [0.1, 0.15) is 5.78 Å². The van der Waals surface area contributed by atoms with Crippen molar-refractivity contribution in [2.75, 3.05) is 0 Å². The monoisotopic (exact) mass is 358 g/mol. The summed E-state index contributed by atoms with van der Waals surface area (Å²) in [5.74, 6) is 0.665. The number of hydrogen-bond donors (Lipinski definition) is 0. The molecule has 0 fully saturated rings. The van der Waals surface area contributed by atoms with Crippen LogP contribution in [0.3, 0.4) is 0 Å². The maximum Gasteiger partial charge on any atom is 0.136 e. The van der Waals surface area contributed by atoms with Gasteiger partial charge in [0.15, 0.2) is 0 Å². The van der Waals surface area contributed by atoms with E-state index in [9.17, 15) is 4.79 Å². The molecule has 0 heterocycles. The SMILES string of the molecule is CCCCC=CCC=CCC=CCC=CCCC(=O)C(C)CCCCC. The van der Waals surface area contributed by atoms with Crippen molar-refractivity contribution in [2.24, 2.45) is 5.92 Å². The van der Waals surface area contributed by atoms with Crippen LogP contribution in [0.1, 0.15) is 97.8 Å². The topological polar surface area (TPSA) is 17.1 Å². The normalized spacial score (nSPS) is 13.7. The first-order valence-electron chi connectivity index (χ1n) is 10.8. The van der Waals surface area contributed by atoms with Crippen LogP contribution >= 0.6 is 0 Å². The zero-order valence-electron chi connectivity index (χ0n) is 17.6. The van der Waals surface area contributed by atoms with Gasteiger partial charge in [-0.2, -0.15) is 0 Å². The first kappa shape index (κ1) is 24.6. The van der Waals surface area contributed by atoms with E-state index in [0.29, 0.717) is 12.2 Å². The standard InChI is InChI=1S/C25H42O/c1-4-6-8-9-10-11-12-13-14-15-16-17-18-19-21-23-25(26)24(3)22-20-7-5-2/h9-10,12-13,15-16,18-19,24H,4-8,11,14,17,20-23H2,1-3H3. The van der Waals surface area contributed by atoms with Crippen LogP contribution in [0.15, 0.2) is 48.6 Å². The smallest absolute Gasteiger partial charge is 0.136 e. The first-order chi connectivity index (χ1) is 12.7. The Bertz CT molecular complexity index is 425. The second-order valence-electron chi connectivity index (χ2n) is 7.14. The maximum atomic E-state index is 12.0. The fraction of sp³-hybridized carbons (Fsp3) is 0.640. The molecule has 0 bridgehead atoms. The number of carbonyl (C=O) groups is 1. The van der Waals surface area contributed by atoms with Gasteiger partial charge in [0.05, 0.1) is 0 Å². The zero-order valence-corrected chi connectivity index (χ0v) is 17.6. The highest BCUT2D eigenvalue weighted by molar-refractivity contribution is 5.80. The molecule has 0 rings (SSSR count). The van der Waals surface area contributed by atoms with Gasteiger partial charge >= 0.3 is 0 Å². The highest BCUT2D eigenvalue weighted by Gasteiger charge is 2.10. The molecule has 1 atom stereocenters. The van der Waals surface area contributed by atoms with Gasteiger partial charge in [0, 0.05) is 12.3 Å². The van der Waals surface area contributed by atoms with Gasteiger partial charge in [-0.05, 0) is 38.5 Å². The maximum absolute atomic E-state index is 12.0. The van der Waals surface area contributed by atoms with Crippen LogP contribution in [-0.4, -0.2) is 5.78 Å². The number of hydrogen-bond acceptors (Lipinski definition) is 1. The Labute approximate surface area is 163 Å². The molecule has 1 heteroatoms. The Balaban J connectivity index is 3.60. The molecule has 0 saturated carbocycles. The largest absolute Gasteiger partial charge is 0.299 e. The minimum atomic E-state index is 0.239. The average molecular weight is 359 g/mol. The van der Waals surface area contributed by atoms with Gasteiger partial charge < -0.3 is 0 Å². The summed E-state index contributed by atoms with van der Waals surface area (Å²) in [4.78, 5) is 12.0. The fourth-order valence-electron chi connectivity index (χ4n) is 2.70. The number of allylic oxidation sites excluding steroid dienone is 8. The van der Waals surface area contributed by atoms with Crippen LogP contribution in [0.25, 0.3) is 0 Å². The molecule has 0 spiro atoms. The summed E-state index contributed by atoms with van der Waals surface area (Å²) < 4.78 is 0. The lowest BCUT2D eigenvalue weighted by Gasteiger charge is -2.08. The van der Waals surface area contributed by atoms with Crippen LogP contribution in [0.4, 0.5) is 0 Å². The molecule has 0 aromatic rings. The Morgan fingerprint density at radius 3 is 1.73 bits per heavy atom. The van der Waals surface area contributed by atoms with E-state index in [2.05, 4.69) is 69.4 Å². The van der Waals surface area contributed by atoms with Crippen molar-refractivity contribution in [1.82, 2.24) is 0 Å². The number of rotatable bonds is 17. The molecule has 1 unspecified atom stereocenters. The van der Waals surface area contributed by atoms with Crippen LogP contribution in [-0.2, 0) is 4.79 Å². The third kappa shape index (κ3) is 17.5. The summed E-state index contributed by atoms with van der Waals surface area (Å²) in [6, 6.07) is 0. The zero-order chi connectivity index (χ0) is 19.3. The molecule has 0 radical (unpaired) electrons. The van der Waals surface area contributed by atoms with Crippen molar-refractivity contribution in [3.8, 4) is 0 Å². The molecule has 0 aliphatic carbocycles. The van der Waals surface area contributed by atoms with E-state index in [-0.39, 0.29) is 5.92 Å². The third-order valence-corrected chi connectivity index (χ3v) is 4.56. The van der Waals surface area contributed by atoms with E-state index in [4.69, 9.17) is 0 Å². The van der Waals surface area contributed by atoms with Gasteiger partial charge in [0.25, 0.3) is 0 Å². The lowest BCUT2D eigenvalue weighted by molar-refractivity contribution is -0.122. The van der Waals surface area contributed by atoms with E-state index >= 15 is 0 Å². The van der Waals surface area contributed by atoms with Crippen LogP contribution in [0.5, 0.6) is 0 Å². The second kappa shape index (κ2) is 19.9. The van der Waals surface area contributed by atoms with E-state index in [1.165, 1.54) is 38.5 Å². The Morgan fingerprint density at radius 2 is 1.19 bits per heavy atom. The van der Waals surface area contributed by atoms with Crippen LogP contribution < -0.4 is 0 Å². The quantitative estimate of drug-likeness (QED) is 0.189. The Kier molecular flexibility index (Phi) is 18.9. The summed E-state index contributed by atoms with van der Waals surface area (Å²) in [6.45, 7) is 6.51. The average Bonchev–Trinajstić information content (AvgIpc) is 2.64. The Morgan fingerprint density at radius 1 is 0.692 bits per heavy atom. The van der Waals surface area contributed by atoms with Crippen molar-refractivity contribution < 1.29 is 4.79 Å². The Hall–Kier alpha value is -1.37. The fourth-order valence-corrected chi connectivity index (χ4v) is 2.70. The summed E-state index contributed by atoms with van der Waals surface area (Å²) in [6.07, 6.45) is 30.8. The van der Waals surface area contributed by atoms with Gasteiger partial charge in [-0.1, -0.05) is 101 Å². The van der Waals surface area contributed by atoms with Crippen molar-refractivity contribution >= 4 is 5.78 Å². The molecule has 0 aromatic heterocycles. The first-order valence-corrected chi connectivity index (χ1v) is 10.8. The summed E-state index contributed by atoms with van der Waals surface area (Å²) in [5, 5.41) is 0.